The summed E-state index contributed by atoms with van der Waals surface area (Å²) in [4.78, 5) is 0. The highest BCUT2D eigenvalue weighted by Crippen LogP contribution is 2.30. The Morgan fingerprint density at radius 1 is 1.29 bits per heavy atom. The first-order valence-corrected chi connectivity index (χ1v) is 4.80. The lowest BCUT2D eigenvalue weighted by Crippen LogP contribution is -2.30. The lowest BCUT2D eigenvalue weighted by molar-refractivity contribution is 0.340. The molecule has 0 heterocycles. The van der Waals surface area contributed by atoms with E-state index in [1.165, 1.54) is 6.07 Å². The molecule has 0 saturated heterocycles. The van der Waals surface area contributed by atoms with E-state index in [9.17, 15) is 0 Å². The zero-order valence-electron chi connectivity index (χ0n) is 7.50. The minimum absolute atomic E-state index is 0.104. The van der Waals surface area contributed by atoms with Crippen molar-refractivity contribution in [1.29, 1.82) is 0 Å². The molecule has 2 N–H and O–H groups in total. The molecule has 1 aromatic rings. The lowest BCUT2D eigenvalue weighted by Gasteiger charge is -2.09. The Balaban J connectivity index is 3.12. The van der Waals surface area contributed by atoms with Crippen molar-refractivity contribution >= 4 is 35.8 Å². The van der Waals surface area contributed by atoms with Crippen molar-refractivity contribution in [2.75, 3.05) is 6.61 Å². The van der Waals surface area contributed by atoms with Gasteiger partial charge in [0.2, 0.25) is 0 Å². The second kappa shape index (κ2) is 4.89. The van der Waals surface area contributed by atoms with Crippen LogP contribution in [0.5, 0.6) is 5.75 Å². The molecule has 0 amide bonds. The molecule has 0 spiro atoms. The second-order valence-electron chi connectivity index (χ2n) is 2.59. The summed E-state index contributed by atoms with van der Waals surface area (Å²) in [7, 11) is -1.63. The van der Waals surface area contributed by atoms with Gasteiger partial charge < -0.3 is 14.8 Å². The molecule has 14 heavy (non-hydrogen) atoms. The van der Waals surface area contributed by atoms with Crippen LogP contribution in [-0.4, -0.2) is 23.8 Å². The molecule has 76 valence electrons. The average molecular weight is 235 g/mol. The summed E-state index contributed by atoms with van der Waals surface area (Å²) in [5, 5.41) is 18.1. The van der Waals surface area contributed by atoms with Gasteiger partial charge >= 0.3 is 7.12 Å². The fourth-order valence-electron chi connectivity index (χ4n) is 1.01. The first-order chi connectivity index (χ1) is 6.57. The highest BCUT2D eigenvalue weighted by atomic mass is 35.5. The third kappa shape index (κ3) is 2.33. The Bertz CT molecular complexity index is 331. The summed E-state index contributed by atoms with van der Waals surface area (Å²) in [6.07, 6.45) is 0. The average Bonchev–Trinajstić information content (AvgIpc) is 2.13. The first-order valence-electron chi connectivity index (χ1n) is 4.04. The predicted molar refractivity (Wildman–Crippen MR) is 57.5 cm³/mol. The van der Waals surface area contributed by atoms with Crippen molar-refractivity contribution in [2.45, 2.75) is 6.92 Å². The number of rotatable bonds is 3. The SMILES string of the molecule is CCOc1ccc(B(O)O)c(Cl)c1Cl. The van der Waals surface area contributed by atoms with Crippen LogP contribution in [0.4, 0.5) is 0 Å². The predicted octanol–water partition coefficient (Wildman–Crippen LogP) is 1.07. The van der Waals surface area contributed by atoms with Crippen molar-refractivity contribution in [3.05, 3.63) is 22.2 Å². The molecule has 1 aromatic carbocycles. The van der Waals surface area contributed by atoms with Gasteiger partial charge in [-0.2, -0.15) is 0 Å². The minimum atomic E-state index is -1.63. The Morgan fingerprint density at radius 2 is 1.93 bits per heavy atom. The van der Waals surface area contributed by atoms with Gasteiger partial charge in [0, 0.05) is 5.46 Å². The molecule has 0 fully saturated rings. The third-order valence-corrected chi connectivity index (χ3v) is 2.53. The maximum Gasteiger partial charge on any atom is 0.490 e. The largest absolute Gasteiger partial charge is 0.492 e. The van der Waals surface area contributed by atoms with Crippen molar-refractivity contribution in [2.24, 2.45) is 0 Å². The summed E-state index contributed by atoms with van der Waals surface area (Å²) >= 11 is 11.6. The highest BCUT2D eigenvalue weighted by Gasteiger charge is 2.19. The molecule has 0 unspecified atom stereocenters. The fourth-order valence-corrected chi connectivity index (χ4v) is 1.49. The minimum Gasteiger partial charge on any atom is -0.492 e. The van der Waals surface area contributed by atoms with E-state index in [1.807, 2.05) is 6.92 Å². The number of hydrogen-bond acceptors (Lipinski definition) is 3. The van der Waals surface area contributed by atoms with Gasteiger partial charge in [-0.3, -0.25) is 0 Å². The summed E-state index contributed by atoms with van der Waals surface area (Å²) in [6.45, 7) is 2.29. The molecular formula is C8H9BCl2O3. The number of hydrogen-bond donors (Lipinski definition) is 2. The molecule has 3 nitrogen and oxygen atoms in total. The Morgan fingerprint density at radius 3 is 2.43 bits per heavy atom. The lowest BCUT2D eigenvalue weighted by atomic mass is 9.80. The van der Waals surface area contributed by atoms with Crippen molar-refractivity contribution < 1.29 is 14.8 Å². The van der Waals surface area contributed by atoms with E-state index in [0.29, 0.717) is 12.4 Å². The summed E-state index contributed by atoms with van der Waals surface area (Å²) in [5.41, 5.74) is 0.167. The van der Waals surface area contributed by atoms with Crippen LogP contribution in [0.2, 0.25) is 10.0 Å². The molecule has 0 radical (unpaired) electrons. The van der Waals surface area contributed by atoms with E-state index < -0.39 is 7.12 Å². The molecule has 0 aliphatic heterocycles. The van der Waals surface area contributed by atoms with Crippen molar-refractivity contribution in [3.8, 4) is 5.75 Å². The van der Waals surface area contributed by atoms with Gasteiger partial charge in [-0.25, -0.2) is 0 Å². The van der Waals surface area contributed by atoms with Gasteiger partial charge in [0.05, 0.1) is 11.6 Å². The topological polar surface area (TPSA) is 49.7 Å². The normalized spacial score (nSPS) is 10.1. The molecule has 0 bridgehead atoms. The van der Waals surface area contributed by atoms with Crippen LogP contribution < -0.4 is 10.2 Å². The van der Waals surface area contributed by atoms with Crippen LogP contribution >= 0.6 is 23.2 Å². The van der Waals surface area contributed by atoms with Gasteiger partial charge in [0.15, 0.2) is 0 Å². The maximum atomic E-state index is 8.92. The molecule has 0 saturated carbocycles. The molecule has 1 rings (SSSR count). The van der Waals surface area contributed by atoms with Crippen LogP contribution in [0.3, 0.4) is 0 Å². The highest BCUT2D eigenvalue weighted by molar-refractivity contribution is 6.64. The number of benzene rings is 1. The smallest absolute Gasteiger partial charge is 0.490 e. The van der Waals surface area contributed by atoms with Crippen LogP contribution in [-0.2, 0) is 0 Å². The monoisotopic (exact) mass is 234 g/mol. The van der Waals surface area contributed by atoms with Crippen molar-refractivity contribution in [1.82, 2.24) is 0 Å². The molecule has 0 aromatic heterocycles. The summed E-state index contributed by atoms with van der Waals surface area (Å²) in [5.74, 6) is 0.434. The van der Waals surface area contributed by atoms with Crippen LogP contribution in [0.1, 0.15) is 6.92 Å². The zero-order chi connectivity index (χ0) is 10.7. The molecular weight excluding hydrogens is 226 g/mol. The molecule has 0 aliphatic rings. The second-order valence-corrected chi connectivity index (χ2v) is 3.34. The van der Waals surface area contributed by atoms with Gasteiger partial charge in [-0.15, -0.1) is 0 Å². The van der Waals surface area contributed by atoms with E-state index in [0.717, 1.165) is 0 Å². The molecule has 0 atom stereocenters. The van der Waals surface area contributed by atoms with E-state index >= 15 is 0 Å². The standard InChI is InChI=1S/C8H9BCl2O3/c1-2-14-6-4-3-5(9(12)13)7(10)8(6)11/h3-4,12-13H,2H2,1H3. The van der Waals surface area contributed by atoms with Crippen molar-refractivity contribution in [3.63, 3.8) is 0 Å². The molecule has 6 heteroatoms. The van der Waals surface area contributed by atoms with E-state index in [1.54, 1.807) is 6.07 Å². The maximum absolute atomic E-state index is 8.92. The third-order valence-electron chi connectivity index (χ3n) is 1.65. The van der Waals surface area contributed by atoms with Crippen LogP contribution in [0.25, 0.3) is 0 Å². The number of halogens is 2. The van der Waals surface area contributed by atoms with E-state index in [-0.39, 0.29) is 15.5 Å². The molecule has 0 aliphatic carbocycles. The van der Waals surface area contributed by atoms with Crippen LogP contribution in [0, 0.1) is 0 Å². The Kier molecular flexibility index (Phi) is 4.07. The van der Waals surface area contributed by atoms with Gasteiger partial charge in [0.1, 0.15) is 10.8 Å². The summed E-state index contributed by atoms with van der Waals surface area (Å²) < 4.78 is 5.17. The van der Waals surface area contributed by atoms with Gasteiger partial charge in [-0.05, 0) is 13.0 Å². The Hall–Kier alpha value is -0.415. The fraction of sp³-hybridized carbons (Fsp3) is 0.250. The first kappa shape index (κ1) is 11.7. The van der Waals surface area contributed by atoms with Gasteiger partial charge in [0.25, 0.3) is 0 Å². The zero-order valence-corrected chi connectivity index (χ0v) is 9.01. The Labute approximate surface area is 92.4 Å². The van der Waals surface area contributed by atoms with Gasteiger partial charge in [-0.1, -0.05) is 29.3 Å². The quantitative estimate of drug-likeness (QED) is 0.770. The summed E-state index contributed by atoms with van der Waals surface area (Å²) in [6, 6.07) is 3.01. The number of ether oxygens (including phenoxy) is 1. The van der Waals surface area contributed by atoms with E-state index in [2.05, 4.69) is 0 Å². The van der Waals surface area contributed by atoms with Crippen LogP contribution in [0.15, 0.2) is 12.1 Å². The van der Waals surface area contributed by atoms with E-state index in [4.69, 9.17) is 38.0 Å².